The highest BCUT2D eigenvalue weighted by atomic mass is 79.9. The van der Waals surface area contributed by atoms with Crippen molar-refractivity contribution < 1.29 is 0 Å². The van der Waals surface area contributed by atoms with Gasteiger partial charge >= 0.3 is 0 Å². The molecule has 1 N–H and O–H groups in total. The summed E-state index contributed by atoms with van der Waals surface area (Å²) in [6.07, 6.45) is 3.66. The maximum Gasteiger partial charge on any atom is 0.144 e. The molecule has 0 fully saturated rings. The van der Waals surface area contributed by atoms with E-state index < -0.39 is 0 Å². The summed E-state index contributed by atoms with van der Waals surface area (Å²) in [7, 11) is 0. The molecule has 0 amide bonds. The monoisotopic (exact) mass is 319 g/mol. The van der Waals surface area contributed by atoms with Gasteiger partial charge in [0.25, 0.3) is 0 Å². The highest BCUT2D eigenvalue weighted by molar-refractivity contribution is 9.10. The van der Waals surface area contributed by atoms with E-state index >= 15 is 0 Å². The molecule has 1 heterocycles. The van der Waals surface area contributed by atoms with Gasteiger partial charge in [0.1, 0.15) is 11.6 Å². The predicted molar refractivity (Wildman–Crippen MR) is 82.5 cm³/mol. The van der Waals surface area contributed by atoms with Crippen LogP contribution in [0.2, 0.25) is 0 Å². The molecule has 0 saturated carbocycles. The van der Waals surface area contributed by atoms with E-state index in [2.05, 4.69) is 69.3 Å². The van der Waals surface area contributed by atoms with Crippen LogP contribution in [0.3, 0.4) is 0 Å². The van der Waals surface area contributed by atoms with E-state index in [-0.39, 0.29) is 0 Å². The van der Waals surface area contributed by atoms with Gasteiger partial charge in [-0.3, -0.25) is 0 Å². The Labute approximate surface area is 122 Å². The van der Waals surface area contributed by atoms with Crippen molar-refractivity contribution in [2.45, 2.75) is 26.7 Å². The first-order valence-electron chi connectivity index (χ1n) is 6.50. The van der Waals surface area contributed by atoms with Gasteiger partial charge in [0.15, 0.2) is 0 Å². The summed E-state index contributed by atoms with van der Waals surface area (Å²) in [6, 6.07) is 8.34. The molecule has 0 aliphatic rings. The number of halogens is 1. The zero-order valence-electron chi connectivity index (χ0n) is 11.3. The molecule has 2 aromatic rings. The minimum atomic E-state index is 0.765. The Balaban J connectivity index is 2.19. The quantitative estimate of drug-likeness (QED) is 0.906. The second kappa shape index (κ2) is 6.66. The number of nitrogens with one attached hydrogen (secondary N) is 1. The fraction of sp³-hybridized carbons (Fsp3) is 0.333. The number of hydrogen-bond acceptors (Lipinski definition) is 3. The second-order valence-electron chi connectivity index (χ2n) is 4.51. The Kier molecular flexibility index (Phi) is 4.91. The zero-order valence-corrected chi connectivity index (χ0v) is 12.9. The zero-order chi connectivity index (χ0) is 13.7. The van der Waals surface area contributed by atoms with Crippen LogP contribution in [-0.2, 0) is 6.42 Å². The van der Waals surface area contributed by atoms with Crippen LogP contribution in [0.1, 0.15) is 30.3 Å². The van der Waals surface area contributed by atoms with Crippen LogP contribution in [0.15, 0.2) is 34.9 Å². The van der Waals surface area contributed by atoms with Crippen molar-refractivity contribution in [3.63, 3.8) is 0 Å². The Morgan fingerprint density at radius 3 is 2.79 bits per heavy atom. The predicted octanol–water partition coefficient (Wildman–Crippen LogP) is 3.96. The molecule has 0 spiro atoms. The molecular formula is C15H18BrN3. The largest absolute Gasteiger partial charge is 0.369 e. The standard InChI is InChI=1S/C15H18BrN3/c1-3-8-17-15-13(16)10-18-14(19-15)9-12-7-5-4-6-11(12)2/h4-7,10H,3,8-9H2,1-2H3,(H,17,18,19). The van der Waals surface area contributed by atoms with Crippen molar-refractivity contribution in [1.82, 2.24) is 9.97 Å². The molecule has 0 bridgehead atoms. The number of benzene rings is 1. The van der Waals surface area contributed by atoms with Crippen molar-refractivity contribution in [3.05, 3.63) is 51.9 Å². The summed E-state index contributed by atoms with van der Waals surface area (Å²) < 4.78 is 0.912. The van der Waals surface area contributed by atoms with E-state index in [9.17, 15) is 0 Å². The van der Waals surface area contributed by atoms with Crippen molar-refractivity contribution in [1.29, 1.82) is 0 Å². The molecule has 0 aliphatic carbocycles. The summed E-state index contributed by atoms with van der Waals surface area (Å²) >= 11 is 3.47. The first-order valence-corrected chi connectivity index (χ1v) is 7.29. The lowest BCUT2D eigenvalue weighted by molar-refractivity contribution is 0.924. The Morgan fingerprint density at radius 1 is 1.26 bits per heavy atom. The molecule has 3 nitrogen and oxygen atoms in total. The maximum atomic E-state index is 4.58. The first-order chi connectivity index (χ1) is 9.20. The molecule has 0 atom stereocenters. The van der Waals surface area contributed by atoms with Gasteiger partial charge in [-0.05, 0) is 40.4 Å². The van der Waals surface area contributed by atoms with Gasteiger partial charge in [-0.25, -0.2) is 9.97 Å². The van der Waals surface area contributed by atoms with E-state index in [4.69, 9.17) is 0 Å². The summed E-state index contributed by atoms with van der Waals surface area (Å²) in [5, 5.41) is 3.31. The van der Waals surface area contributed by atoms with Gasteiger partial charge in [0.2, 0.25) is 0 Å². The smallest absolute Gasteiger partial charge is 0.144 e. The minimum Gasteiger partial charge on any atom is -0.369 e. The summed E-state index contributed by atoms with van der Waals surface area (Å²) in [4.78, 5) is 8.96. The van der Waals surface area contributed by atoms with Crippen molar-refractivity contribution in [2.75, 3.05) is 11.9 Å². The molecule has 2 rings (SSSR count). The molecule has 19 heavy (non-hydrogen) atoms. The van der Waals surface area contributed by atoms with E-state index in [0.717, 1.165) is 35.5 Å². The van der Waals surface area contributed by atoms with Crippen LogP contribution in [0.25, 0.3) is 0 Å². The van der Waals surface area contributed by atoms with E-state index in [1.54, 1.807) is 0 Å². The second-order valence-corrected chi connectivity index (χ2v) is 5.37. The van der Waals surface area contributed by atoms with Crippen LogP contribution in [-0.4, -0.2) is 16.5 Å². The number of anilines is 1. The molecule has 1 aromatic heterocycles. The molecule has 0 saturated heterocycles. The normalized spacial score (nSPS) is 10.5. The molecule has 4 heteroatoms. The minimum absolute atomic E-state index is 0.765. The van der Waals surface area contributed by atoms with Gasteiger partial charge in [-0.15, -0.1) is 0 Å². The van der Waals surface area contributed by atoms with Crippen molar-refractivity contribution >= 4 is 21.7 Å². The number of hydrogen-bond donors (Lipinski definition) is 1. The third-order valence-electron chi connectivity index (χ3n) is 2.95. The molecule has 100 valence electrons. The van der Waals surface area contributed by atoms with E-state index in [1.807, 2.05) is 6.20 Å². The van der Waals surface area contributed by atoms with Crippen LogP contribution >= 0.6 is 15.9 Å². The molecule has 1 aromatic carbocycles. The highest BCUT2D eigenvalue weighted by Crippen LogP contribution is 2.20. The average molecular weight is 320 g/mol. The third-order valence-corrected chi connectivity index (χ3v) is 3.53. The first kappa shape index (κ1) is 14.0. The van der Waals surface area contributed by atoms with Gasteiger partial charge in [-0.2, -0.15) is 0 Å². The maximum absolute atomic E-state index is 4.58. The Hall–Kier alpha value is -1.42. The van der Waals surface area contributed by atoms with Crippen LogP contribution in [0, 0.1) is 6.92 Å². The molecule has 0 unspecified atom stereocenters. The SMILES string of the molecule is CCCNc1nc(Cc2ccccc2C)ncc1Br. The van der Waals surface area contributed by atoms with E-state index in [0.29, 0.717) is 0 Å². The van der Waals surface area contributed by atoms with Crippen LogP contribution < -0.4 is 5.32 Å². The highest BCUT2D eigenvalue weighted by Gasteiger charge is 2.06. The molecule has 0 radical (unpaired) electrons. The lowest BCUT2D eigenvalue weighted by Crippen LogP contribution is -2.06. The van der Waals surface area contributed by atoms with Crippen LogP contribution in [0.4, 0.5) is 5.82 Å². The third kappa shape index (κ3) is 3.77. The lowest BCUT2D eigenvalue weighted by atomic mass is 10.1. The van der Waals surface area contributed by atoms with Crippen LogP contribution in [0.5, 0.6) is 0 Å². The average Bonchev–Trinajstić information content (AvgIpc) is 2.42. The van der Waals surface area contributed by atoms with Crippen molar-refractivity contribution in [2.24, 2.45) is 0 Å². The van der Waals surface area contributed by atoms with Gasteiger partial charge < -0.3 is 5.32 Å². The van der Waals surface area contributed by atoms with Gasteiger partial charge in [-0.1, -0.05) is 31.2 Å². The van der Waals surface area contributed by atoms with Gasteiger partial charge in [0, 0.05) is 19.2 Å². The summed E-state index contributed by atoms with van der Waals surface area (Å²) in [5.41, 5.74) is 2.54. The fourth-order valence-electron chi connectivity index (χ4n) is 1.83. The fourth-order valence-corrected chi connectivity index (χ4v) is 2.17. The molecular weight excluding hydrogens is 302 g/mol. The number of rotatable bonds is 5. The Morgan fingerprint density at radius 2 is 2.05 bits per heavy atom. The number of aromatic nitrogens is 2. The molecule has 0 aliphatic heterocycles. The summed E-state index contributed by atoms with van der Waals surface area (Å²) in [5.74, 6) is 1.72. The topological polar surface area (TPSA) is 37.8 Å². The number of aryl methyl sites for hydroxylation is 1. The van der Waals surface area contributed by atoms with E-state index in [1.165, 1.54) is 11.1 Å². The van der Waals surface area contributed by atoms with Gasteiger partial charge in [0.05, 0.1) is 4.47 Å². The summed E-state index contributed by atoms with van der Waals surface area (Å²) in [6.45, 7) is 5.17. The Bertz CT molecular complexity index is 555. The lowest BCUT2D eigenvalue weighted by Gasteiger charge is -2.09. The number of nitrogens with zero attached hydrogens (tertiary/aromatic N) is 2. The van der Waals surface area contributed by atoms with Crippen molar-refractivity contribution in [3.8, 4) is 0 Å².